The van der Waals surface area contributed by atoms with Crippen LogP contribution in [0.5, 0.6) is 5.75 Å². The highest BCUT2D eigenvalue weighted by Gasteiger charge is 2.61. The predicted octanol–water partition coefficient (Wildman–Crippen LogP) is 1.49. The van der Waals surface area contributed by atoms with Crippen molar-refractivity contribution in [3.05, 3.63) is 42.2 Å². The molecule has 1 saturated carbocycles. The van der Waals surface area contributed by atoms with E-state index in [9.17, 15) is 4.79 Å². The number of fused-ring (bicyclic) bond motifs is 1. The van der Waals surface area contributed by atoms with Gasteiger partial charge in [-0.25, -0.2) is 15.0 Å². The first-order valence-corrected chi connectivity index (χ1v) is 9.60. The molecule has 4 heterocycles. The summed E-state index contributed by atoms with van der Waals surface area (Å²) in [6, 6.07) is 2.36. The molecule has 5 rings (SSSR count). The number of carbonyl (C=O) groups is 1. The summed E-state index contributed by atoms with van der Waals surface area (Å²) in [6.07, 6.45) is 8.08. The van der Waals surface area contributed by atoms with Crippen molar-refractivity contribution >= 4 is 23.1 Å². The number of hydrogen-bond donors (Lipinski definition) is 2. The molecule has 3 aromatic rings. The van der Waals surface area contributed by atoms with Crippen LogP contribution < -0.4 is 20.3 Å². The Balaban J connectivity index is 1.28. The third kappa shape index (κ3) is 2.98. The number of imidazole rings is 1. The number of anilines is 2. The Bertz CT molecular complexity index is 1090. The largest absolute Gasteiger partial charge is 0.493 e. The van der Waals surface area contributed by atoms with Gasteiger partial charge in [0.15, 0.2) is 11.4 Å². The summed E-state index contributed by atoms with van der Waals surface area (Å²) in [6.45, 7) is 3.88. The second kappa shape index (κ2) is 6.41. The van der Waals surface area contributed by atoms with E-state index in [1.54, 1.807) is 25.6 Å². The van der Waals surface area contributed by atoms with Crippen LogP contribution >= 0.6 is 0 Å². The van der Waals surface area contributed by atoms with Crippen molar-refractivity contribution in [1.29, 1.82) is 0 Å². The fraction of sp³-hybridized carbons (Fsp3) is 0.400. The Morgan fingerprint density at radius 2 is 2.10 bits per heavy atom. The molecule has 1 saturated heterocycles. The van der Waals surface area contributed by atoms with Gasteiger partial charge in [0, 0.05) is 43.0 Å². The van der Waals surface area contributed by atoms with Gasteiger partial charge in [-0.1, -0.05) is 0 Å². The number of nitrogens with one attached hydrogen (secondary N) is 2. The molecule has 1 aliphatic carbocycles. The number of pyridine rings is 1. The highest BCUT2D eigenvalue weighted by molar-refractivity contribution is 6.02. The topological polar surface area (TPSA) is 96.7 Å². The molecule has 0 radical (unpaired) electrons. The second-order valence-electron chi connectivity index (χ2n) is 7.89. The molecule has 1 aliphatic heterocycles. The van der Waals surface area contributed by atoms with E-state index in [-0.39, 0.29) is 11.6 Å². The summed E-state index contributed by atoms with van der Waals surface area (Å²) in [7, 11) is 3.59. The molecule has 1 atom stereocenters. The van der Waals surface area contributed by atoms with Gasteiger partial charge in [-0.2, -0.15) is 0 Å². The van der Waals surface area contributed by atoms with Crippen molar-refractivity contribution in [2.75, 3.05) is 37.5 Å². The van der Waals surface area contributed by atoms with Gasteiger partial charge in [0.1, 0.15) is 11.5 Å². The summed E-state index contributed by atoms with van der Waals surface area (Å²) in [5.74, 6) is 1.08. The van der Waals surface area contributed by atoms with Crippen LogP contribution in [0.1, 0.15) is 22.6 Å². The number of nitrogens with zero attached hydrogens (tertiary/aromatic N) is 5. The number of carbonyl (C=O) groups excluding carboxylic acids is 1. The van der Waals surface area contributed by atoms with Gasteiger partial charge in [-0.15, -0.1) is 0 Å². The smallest absolute Gasteiger partial charge is 0.275 e. The molecule has 3 aromatic heterocycles. The van der Waals surface area contributed by atoms with Crippen molar-refractivity contribution in [2.45, 2.75) is 19.4 Å². The van der Waals surface area contributed by atoms with E-state index in [0.717, 1.165) is 24.6 Å². The molecule has 1 amide bonds. The van der Waals surface area contributed by atoms with Crippen molar-refractivity contribution in [3.8, 4) is 5.75 Å². The van der Waals surface area contributed by atoms with Crippen LogP contribution in [-0.4, -0.2) is 58.5 Å². The number of rotatable bonds is 5. The second-order valence-corrected chi connectivity index (χ2v) is 7.89. The van der Waals surface area contributed by atoms with Crippen LogP contribution in [0.25, 0.3) is 5.65 Å². The Morgan fingerprint density at radius 3 is 2.76 bits per heavy atom. The molecule has 9 nitrogen and oxygen atoms in total. The van der Waals surface area contributed by atoms with E-state index in [1.165, 1.54) is 12.6 Å². The molecule has 2 aliphatic rings. The maximum atomic E-state index is 12.6. The average Bonchev–Trinajstić information content (AvgIpc) is 3.32. The highest BCUT2D eigenvalue weighted by Crippen LogP contribution is 2.53. The molecule has 0 unspecified atom stereocenters. The minimum Gasteiger partial charge on any atom is -0.493 e. The van der Waals surface area contributed by atoms with Gasteiger partial charge in [0.05, 0.1) is 30.9 Å². The number of aryl methyl sites for hydroxylation is 1. The Kier molecular flexibility index (Phi) is 3.95. The first-order chi connectivity index (χ1) is 14.0. The van der Waals surface area contributed by atoms with E-state index < -0.39 is 0 Å². The van der Waals surface area contributed by atoms with Gasteiger partial charge in [0.25, 0.3) is 5.91 Å². The normalized spacial score (nSPS) is 19.3. The van der Waals surface area contributed by atoms with Crippen molar-refractivity contribution in [3.63, 3.8) is 0 Å². The van der Waals surface area contributed by atoms with E-state index in [1.807, 2.05) is 24.6 Å². The highest BCUT2D eigenvalue weighted by atomic mass is 16.5. The molecular formula is C20H23N7O2. The minimum atomic E-state index is -0.320. The zero-order valence-corrected chi connectivity index (χ0v) is 16.6. The van der Waals surface area contributed by atoms with E-state index in [0.29, 0.717) is 28.5 Å². The number of ether oxygens (including phenoxy) is 1. The zero-order chi connectivity index (χ0) is 20.2. The van der Waals surface area contributed by atoms with Crippen LogP contribution in [-0.2, 0) is 0 Å². The van der Waals surface area contributed by atoms with Crippen LogP contribution in [0.4, 0.5) is 11.5 Å². The third-order valence-electron chi connectivity index (χ3n) is 5.86. The maximum absolute atomic E-state index is 12.6. The quantitative estimate of drug-likeness (QED) is 0.678. The standard InChI is InChI=1S/C20H23N7O2/c1-12-8-26-9-13(4-15(29-3)18(26)24-12)25-19(28)14-6-23-17(7-22-14)27-10-20(11-27)5-16(20)21-2/h4,6-9,16,21H,5,10-11H2,1-3H3,(H,25,28)/t16-/m0/s1. The third-order valence-corrected chi connectivity index (χ3v) is 5.86. The van der Waals surface area contributed by atoms with Gasteiger partial charge in [0.2, 0.25) is 0 Å². The molecule has 0 bridgehead atoms. The molecule has 2 N–H and O–H groups in total. The van der Waals surface area contributed by atoms with Crippen molar-refractivity contribution in [2.24, 2.45) is 5.41 Å². The number of hydrogen-bond acceptors (Lipinski definition) is 7. The van der Waals surface area contributed by atoms with Crippen LogP contribution in [0.2, 0.25) is 0 Å². The van der Waals surface area contributed by atoms with Gasteiger partial charge in [-0.3, -0.25) is 4.79 Å². The Hall–Kier alpha value is -3.20. The molecule has 9 heteroatoms. The average molecular weight is 393 g/mol. The SMILES string of the molecule is CN[C@H]1CC12CN(c1cnc(C(=O)Nc3cc(OC)c4nc(C)cn4c3)cn1)C2. The summed E-state index contributed by atoms with van der Waals surface area (Å²) < 4.78 is 7.22. The van der Waals surface area contributed by atoms with Crippen LogP contribution in [0, 0.1) is 12.3 Å². The Labute approximate surface area is 168 Å². The fourth-order valence-electron chi connectivity index (χ4n) is 4.19. The monoisotopic (exact) mass is 393 g/mol. The molecule has 2 fully saturated rings. The lowest BCUT2D eigenvalue weighted by Crippen LogP contribution is -2.52. The lowest BCUT2D eigenvalue weighted by atomic mass is 9.96. The van der Waals surface area contributed by atoms with E-state index in [4.69, 9.17) is 4.74 Å². The summed E-state index contributed by atoms with van der Waals surface area (Å²) in [5, 5.41) is 6.20. The summed E-state index contributed by atoms with van der Waals surface area (Å²) in [4.78, 5) is 28.0. The molecular weight excluding hydrogens is 370 g/mol. The molecule has 0 aromatic carbocycles. The van der Waals surface area contributed by atoms with Gasteiger partial charge < -0.3 is 24.7 Å². The van der Waals surface area contributed by atoms with Crippen LogP contribution in [0.3, 0.4) is 0 Å². The predicted molar refractivity (Wildman–Crippen MR) is 109 cm³/mol. The van der Waals surface area contributed by atoms with Gasteiger partial charge in [-0.05, 0) is 20.4 Å². The fourth-order valence-corrected chi connectivity index (χ4v) is 4.19. The number of amides is 1. The van der Waals surface area contributed by atoms with E-state index in [2.05, 4.69) is 30.5 Å². The first kappa shape index (κ1) is 17.9. The summed E-state index contributed by atoms with van der Waals surface area (Å²) >= 11 is 0. The maximum Gasteiger partial charge on any atom is 0.275 e. The molecule has 29 heavy (non-hydrogen) atoms. The summed E-state index contributed by atoms with van der Waals surface area (Å²) in [5.41, 5.74) is 2.85. The van der Waals surface area contributed by atoms with Crippen molar-refractivity contribution < 1.29 is 9.53 Å². The van der Waals surface area contributed by atoms with Gasteiger partial charge >= 0.3 is 0 Å². The van der Waals surface area contributed by atoms with E-state index >= 15 is 0 Å². The zero-order valence-electron chi connectivity index (χ0n) is 16.6. The minimum absolute atomic E-state index is 0.268. The lowest BCUT2D eigenvalue weighted by Gasteiger charge is -2.41. The van der Waals surface area contributed by atoms with Crippen LogP contribution in [0.15, 0.2) is 30.9 Å². The molecule has 150 valence electrons. The molecule has 1 spiro atoms. The van der Waals surface area contributed by atoms with Crippen molar-refractivity contribution in [1.82, 2.24) is 24.7 Å². The number of methoxy groups -OCH3 is 1. The lowest BCUT2D eigenvalue weighted by molar-refractivity contribution is 0.102. The Morgan fingerprint density at radius 1 is 1.28 bits per heavy atom. The first-order valence-electron chi connectivity index (χ1n) is 9.60. The number of aromatic nitrogens is 4.